The summed E-state index contributed by atoms with van der Waals surface area (Å²) in [4.78, 5) is 29.2. The van der Waals surface area contributed by atoms with Crippen LogP contribution in [-0.2, 0) is 0 Å². The van der Waals surface area contributed by atoms with Gasteiger partial charge in [0.25, 0.3) is 5.91 Å². The highest BCUT2D eigenvalue weighted by molar-refractivity contribution is 6.12. The Hall–Kier alpha value is -3.28. The molecule has 0 aliphatic rings. The molecule has 4 rings (SSSR count). The van der Waals surface area contributed by atoms with Crippen molar-refractivity contribution < 1.29 is 9.21 Å². The molecule has 108 valence electrons. The number of carbonyl (C=O) groups is 1. The lowest BCUT2D eigenvalue weighted by Gasteiger charge is -2.06. The van der Waals surface area contributed by atoms with Crippen LogP contribution in [0.1, 0.15) is 10.4 Å². The Kier molecular flexibility index (Phi) is 2.62. The Morgan fingerprint density at radius 1 is 1.14 bits per heavy atom. The van der Waals surface area contributed by atoms with E-state index >= 15 is 0 Å². The lowest BCUT2D eigenvalue weighted by Crippen LogP contribution is -2.12. The van der Waals surface area contributed by atoms with Gasteiger partial charge in [-0.05, 0) is 24.3 Å². The largest absolute Gasteiger partial charge is 0.417 e. The fourth-order valence-electron chi connectivity index (χ4n) is 2.50. The second kappa shape index (κ2) is 4.63. The summed E-state index contributed by atoms with van der Waals surface area (Å²) in [5.41, 5.74) is 2.89. The number of amides is 1. The van der Waals surface area contributed by atoms with Gasteiger partial charge in [-0.25, -0.2) is 4.79 Å². The first-order chi connectivity index (χ1) is 10.7. The molecule has 0 unspecified atom stereocenters. The molecule has 0 atom stereocenters. The first-order valence-corrected chi connectivity index (χ1v) is 6.71. The number of aromatic amines is 2. The molecular formula is C16H11N3O3. The molecule has 0 aliphatic heterocycles. The van der Waals surface area contributed by atoms with E-state index in [9.17, 15) is 9.59 Å². The van der Waals surface area contributed by atoms with Crippen molar-refractivity contribution in [2.45, 2.75) is 0 Å². The predicted molar refractivity (Wildman–Crippen MR) is 83.1 cm³/mol. The molecule has 0 spiro atoms. The van der Waals surface area contributed by atoms with Gasteiger partial charge in [-0.1, -0.05) is 12.1 Å². The monoisotopic (exact) mass is 293 g/mol. The number of oxazole rings is 1. The third-order valence-corrected chi connectivity index (χ3v) is 3.51. The van der Waals surface area contributed by atoms with Crippen molar-refractivity contribution >= 4 is 33.6 Å². The van der Waals surface area contributed by atoms with E-state index in [0.29, 0.717) is 22.4 Å². The SMILES string of the molecule is O=C(Nc1ccc2[nH]c(=O)oc2c1)c1cccc2cc[nH]c12. The lowest BCUT2D eigenvalue weighted by molar-refractivity contribution is 0.102. The van der Waals surface area contributed by atoms with Gasteiger partial charge in [0.05, 0.1) is 16.6 Å². The number of para-hydroxylation sites is 1. The van der Waals surface area contributed by atoms with Gasteiger partial charge in [-0.2, -0.15) is 0 Å². The Morgan fingerprint density at radius 2 is 2.05 bits per heavy atom. The van der Waals surface area contributed by atoms with E-state index < -0.39 is 5.76 Å². The van der Waals surface area contributed by atoms with Gasteiger partial charge in [0.2, 0.25) is 0 Å². The number of anilines is 1. The van der Waals surface area contributed by atoms with E-state index in [1.807, 2.05) is 18.2 Å². The quantitative estimate of drug-likeness (QED) is 0.530. The van der Waals surface area contributed by atoms with Crippen LogP contribution in [0.4, 0.5) is 5.69 Å². The highest BCUT2D eigenvalue weighted by Crippen LogP contribution is 2.20. The van der Waals surface area contributed by atoms with Gasteiger partial charge in [0.1, 0.15) is 0 Å². The summed E-state index contributed by atoms with van der Waals surface area (Å²) in [5.74, 6) is -0.750. The maximum absolute atomic E-state index is 12.4. The average molecular weight is 293 g/mol. The standard InChI is InChI=1S/C16H11N3O3/c20-15(11-3-1-2-9-6-7-17-14(9)11)18-10-4-5-12-13(8-10)22-16(21)19-12/h1-8,17H,(H,18,20)(H,19,21). The summed E-state index contributed by atoms with van der Waals surface area (Å²) in [6.45, 7) is 0. The summed E-state index contributed by atoms with van der Waals surface area (Å²) in [7, 11) is 0. The minimum atomic E-state index is -0.519. The van der Waals surface area contributed by atoms with Crippen molar-refractivity contribution in [1.29, 1.82) is 0 Å². The zero-order valence-electron chi connectivity index (χ0n) is 11.3. The van der Waals surface area contributed by atoms with Crippen LogP contribution in [0.3, 0.4) is 0 Å². The van der Waals surface area contributed by atoms with E-state index in [2.05, 4.69) is 15.3 Å². The van der Waals surface area contributed by atoms with Crippen LogP contribution in [0.5, 0.6) is 0 Å². The summed E-state index contributed by atoms with van der Waals surface area (Å²) in [6.07, 6.45) is 1.79. The molecule has 2 aromatic carbocycles. The summed E-state index contributed by atoms with van der Waals surface area (Å²) >= 11 is 0. The zero-order valence-corrected chi connectivity index (χ0v) is 11.3. The molecule has 0 radical (unpaired) electrons. The molecule has 0 saturated heterocycles. The van der Waals surface area contributed by atoms with Crippen molar-refractivity contribution in [3.05, 3.63) is 64.8 Å². The highest BCUT2D eigenvalue weighted by atomic mass is 16.4. The number of rotatable bonds is 2. The van der Waals surface area contributed by atoms with Crippen LogP contribution >= 0.6 is 0 Å². The van der Waals surface area contributed by atoms with Crippen molar-refractivity contribution in [2.75, 3.05) is 5.32 Å². The minimum absolute atomic E-state index is 0.231. The smallest absolute Gasteiger partial charge is 0.408 e. The van der Waals surface area contributed by atoms with E-state index in [0.717, 1.165) is 10.9 Å². The topological polar surface area (TPSA) is 90.9 Å². The molecule has 2 aromatic heterocycles. The van der Waals surface area contributed by atoms with Crippen LogP contribution in [0, 0.1) is 0 Å². The number of nitrogens with one attached hydrogen (secondary N) is 3. The van der Waals surface area contributed by atoms with Crippen molar-refractivity contribution in [1.82, 2.24) is 9.97 Å². The zero-order chi connectivity index (χ0) is 15.1. The molecule has 1 amide bonds. The fraction of sp³-hybridized carbons (Fsp3) is 0. The maximum Gasteiger partial charge on any atom is 0.417 e. The normalized spacial score (nSPS) is 11.1. The average Bonchev–Trinajstić information content (AvgIpc) is 3.11. The van der Waals surface area contributed by atoms with E-state index in [1.165, 1.54) is 0 Å². The van der Waals surface area contributed by atoms with Gasteiger partial charge >= 0.3 is 5.76 Å². The summed E-state index contributed by atoms with van der Waals surface area (Å²) in [5, 5.41) is 3.78. The Balaban J connectivity index is 1.70. The minimum Gasteiger partial charge on any atom is -0.408 e. The van der Waals surface area contributed by atoms with E-state index in [-0.39, 0.29) is 5.91 Å². The van der Waals surface area contributed by atoms with Crippen molar-refractivity contribution in [3.63, 3.8) is 0 Å². The predicted octanol–water partition coefficient (Wildman–Crippen LogP) is 2.85. The first kappa shape index (κ1) is 12.5. The Morgan fingerprint density at radius 3 is 2.95 bits per heavy atom. The van der Waals surface area contributed by atoms with Crippen molar-refractivity contribution in [2.24, 2.45) is 0 Å². The van der Waals surface area contributed by atoms with Crippen LogP contribution in [0.2, 0.25) is 0 Å². The second-order valence-electron chi connectivity index (χ2n) is 4.93. The third-order valence-electron chi connectivity index (χ3n) is 3.51. The van der Waals surface area contributed by atoms with Crippen molar-refractivity contribution in [3.8, 4) is 0 Å². The molecule has 0 saturated carbocycles. The van der Waals surface area contributed by atoms with Gasteiger partial charge < -0.3 is 14.7 Å². The molecule has 0 bridgehead atoms. The van der Waals surface area contributed by atoms with Crippen LogP contribution in [0.15, 0.2) is 57.9 Å². The number of benzene rings is 2. The molecule has 0 aliphatic carbocycles. The molecule has 2 heterocycles. The van der Waals surface area contributed by atoms with Crippen LogP contribution < -0.4 is 11.1 Å². The molecule has 4 aromatic rings. The third kappa shape index (κ3) is 1.98. The van der Waals surface area contributed by atoms with Crippen LogP contribution in [-0.4, -0.2) is 15.9 Å². The molecule has 6 heteroatoms. The lowest BCUT2D eigenvalue weighted by atomic mass is 10.1. The number of H-pyrrole nitrogens is 2. The molecule has 6 nitrogen and oxygen atoms in total. The Bertz CT molecular complexity index is 1060. The fourth-order valence-corrected chi connectivity index (χ4v) is 2.50. The summed E-state index contributed by atoms with van der Waals surface area (Å²) < 4.78 is 4.99. The van der Waals surface area contributed by atoms with Gasteiger partial charge in [0, 0.05) is 23.3 Å². The maximum atomic E-state index is 12.4. The number of carbonyl (C=O) groups excluding carboxylic acids is 1. The first-order valence-electron chi connectivity index (χ1n) is 6.71. The number of aromatic nitrogens is 2. The second-order valence-corrected chi connectivity index (χ2v) is 4.93. The molecule has 3 N–H and O–H groups in total. The van der Waals surface area contributed by atoms with E-state index in [4.69, 9.17) is 4.42 Å². The van der Waals surface area contributed by atoms with Gasteiger partial charge in [0.15, 0.2) is 5.58 Å². The summed E-state index contributed by atoms with van der Waals surface area (Å²) in [6, 6.07) is 12.4. The highest BCUT2D eigenvalue weighted by Gasteiger charge is 2.11. The number of hydrogen-bond donors (Lipinski definition) is 3. The van der Waals surface area contributed by atoms with Crippen LogP contribution in [0.25, 0.3) is 22.0 Å². The molecule has 0 fully saturated rings. The molecule has 22 heavy (non-hydrogen) atoms. The molecular weight excluding hydrogens is 282 g/mol. The van der Waals surface area contributed by atoms with Gasteiger partial charge in [-0.15, -0.1) is 0 Å². The Labute approximate surface area is 123 Å². The van der Waals surface area contributed by atoms with Gasteiger partial charge in [-0.3, -0.25) is 9.78 Å². The number of fused-ring (bicyclic) bond motifs is 2. The van der Waals surface area contributed by atoms with E-state index in [1.54, 1.807) is 30.5 Å². The number of hydrogen-bond acceptors (Lipinski definition) is 3.